The summed E-state index contributed by atoms with van der Waals surface area (Å²) < 4.78 is 11.3. The van der Waals surface area contributed by atoms with Crippen LogP contribution in [0.4, 0.5) is 0 Å². The van der Waals surface area contributed by atoms with Gasteiger partial charge in [0.25, 0.3) is 0 Å². The quantitative estimate of drug-likeness (QED) is 0.192. The van der Waals surface area contributed by atoms with Crippen LogP contribution in [-0.4, -0.2) is 14.5 Å². The van der Waals surface area contributed by atoms with Gasteiger partial charge in [-0.25, -0.2) is 9.97 Å². The molecule has 0 aliphatic rings. The first-order valence-electron chi connectivity index (χ1n) is 16.4. The monoisotopic (exact) mass is 643 g/mol. The van der Waals surface area contributed by atoms with Gasteiger partial charge in [-0.15, -0.1) is 11.3 Å². The first-order chi connectivity index (χ1) is 24.3. The fraction of sp³-hybridized carbons (Fsp3) is 0. The van der Waals surface area contributed by atoms with Gasteiger partial charge in [-0.2, -0.15) is 0 Å². The second kappa shape index (κ2) is 10.1. The number of hydrogen-bond donors (Lipinski definition) is 0. The van der Waals surface area contributed by atoms with Crippen molar-refractivity contribution in [3.05, 3.63) is 152 Å². The molecule has 11 rings (SSSR count). The van der Waals surface area contributed by atoms with Gasteiger partial charge in [0, 0.05) is 48.6 Å². The number of thiophene rings is 1. The van der Waals surface area contributed by atoms with E-state index in [4.69, 9.17) is 14.4 Å². The molecule has 0 bridgehead atoms. The Balaban J connectivity index is 1.25. The highest BCUT2D eigenvalue weighted by Gasteiger charge is 2.22. The Kier molecular flexibility index (Phi) is 5.51. The van der Waals surface area contributed by atoms with E-state index < -0.39 is 0 Å². The summed E-state index contributed by atoms with van der Waals surface area (Å²) in [5, 5.41) is 7.93. The maximum Gasteiger partial charge on any atom is 0.235 e. The summed E-state index contributed by atoms with van der Waals surface area (Å²) in [4.78, 5) is 10.7. The van der Waals surface area contributed by atoms with Crippen molar-refractivity contribution in [3.8, 4) is 28.3 Å². The van der Waals surface area contributed by atoms with E-state index >= 15 is 0 Å². The van der Waals surface area contributed by atoms with Crippen LogP contribution in [0.3, 0.4) is 0 Å². The Hall–Kier alpha value is -6.30. The molecule has 0 spiro atoms. The van der Waals surface area contributed by atoms with E-state index in [2.05, 4.69) is 150 Å². The van der Waals surface area contributed by atoms with Gasteiger partial charge in [0.15, 0.2) is 0 Å². The standard InChI is InChI=1S/C44H25N3OS/c1-3-13-26(14-4-1)32-23-35-34-24-33-29-18-9-11-21-36(29)47(37(33)25-38(34)48-42(35)30-19-8-7-17-28(30)32)44-45-40(27-15-5-2-6-16-27)43-41(46-44)31-20-10-12-22-39(31)49-43/h1-25H. The molecule has 0 aliphatic heterocycles. The van der Waals surface area contributed by atoms with Gasteiger partial charge >= 0.3 is 0 Å². The van der Waals surface area contributed by atoms with Crippen LogP contribution in [0.25, 0.3) is 103 Å². The number of hydrogen-bond acceptors (Lipinski definition) is 4. The third-order valence-electron chi connectivity index (χ3n) is 9.81. The summed E-state index contributed by atoms with van der Waals surface area (Å²) in [7, 11) is 0. The molecular formula is C44H25N3OS. The van der Waals surface area contributed by atoms with E-state index in [1.54, 1.807) is 11.3 Å². The Morgan fingerprint density at radius 3 is 1.98 bits per heavy atom. The van der Waals surface area contributed by atoms with E-state index in [-0.39, 0.29) is 0 Å². The van der Waals surface area contributed by atoms with Crippen LogP contribution in [0.1, 0.15) is 0 Å². The SMILES string of the molecule is c1ccc(-c2cc3c4cc5c6ccccc6n(-c6nc(-c7ccccc7)c7sc8ccccc8c7n6)c5cc4oc3c3ccccc23)cc1. The van der Waals surface area contributed by atoms with Crippen LogP contribution in [0.2, 0.25) is 0 Å². The van der Waals surface area contributed by atoms with Crippen molar-refractivity contribution in [2.24, 2.45) is 0 Å². The molecule has 0 amide bonds. The zero-order valence-electron chi connectivity index (χ0n) is 26.1. The molecule has 0 N–H and O–H groups in total. The molecule has 0 saturated heterocycles. The zero-order chi connectivity index (χ0) is 32.1. The maximum absolute atomic E-state index is 6.81. The minimum Gasteiger partial charge on any atom is -0.455 e. The van der Waals surface area contributed by atoms with Crippen LogP contribution in [0.5, 0.6) is 0 Å². The van der Waals surface area contributed by atoms with Gasteiger partial charge in [0.05, 0.1) is 26.9 Å². The van der Waals surface area contributed by atoms with Crippen LogP contribution >= 0.6 is 11.3 Å². The van der Waals surface area contributed by atoms with Crippen LogP contribution < -0.4 is 0 Å². The third kappa shape index (κ3) is 3.85. The summed E-state index contributed by atoms with van der Waals surface area (Å²) in [6.45, 7) is 0. The summed E-state index contributed by atoms with van der Waals surface area (Å²) in [6, 6.07) is 53.5. The highest BCUT2D eigenvalue weighted by molar-refractivity contribution is 7.26. The molecule has 0 atom stereocenters. The highest BCUT2D eigenvalue weighted by atomic mass is 32.1. The Morgan fingerprint density at radius 1 is 0.490 bits per heavy atom. The number of furan rings is 1. The van der Waals surface area contributed by atoms with E-state index in [0.717, 1.165) is 76.0 Å². The van der Waals surface area contributed by atoms with Gasteiger partial charge in [0.1, 0.15) is 11.2 Å². The average Bonchev–Trinajstić information content (AvgIpc) is 3.83. The molecular weight excluding hydrogens is 619 g/mol. The maximum atomic E-state index is 6.81. The minimum absolute atomic E-state index is 0.647. The lowest BCUT2D eigenvalue weighted by atomic mass is 9.95. The van der Waals surface area contributed by atoms with Crippen LogP contribution in [0.15, 0.2) is 156 Å². The van der Waals surface area contributed by atoms with Gasteiger partial charge in [-0.1, -0.05) is 121 Å². The second-order valence-electron chi connectivity index (χ2n) is 12.5. The summed E-state index contributed by atoms with van der Waals surface area (Å²) in [5.74, 6) is 0.647. The van der Waals surface area contributed by atoms with Crippen molar-refractivity contribution in [1.29, 1.82) is 0 Å². The Labute approximate surface area is 284 Å². The molecule has 0 radical (unpaired) electrons. The van der Waals surface area contributed by atoms with Crippen molar-refractivity contribution in [2.75, 3.05) is 0 Å². The molecule has 0 fully saturated rings. The van der Waals surface area contributed by atoms with Gasteiger partial charge in [-0.3, -0.25) is 4.57 Å². The first kappa shape index (κ1) is 26.7. The average molecular weight is 644 g/mol. The Morgan fingerprint density at radius 2 is 1.16 bits per heavy atom. The fourth-order valence-electron chi connectivity index (χ4n) is 7.60. The van der Waals surface area contributed by atoms with Crippen molar-refractivity contribution in [2.45, 2.75) is 0 Å². The molecule has 4 heterocycles. The lowest BCUT2D eigenvalue weighted by molar-refractivity contribution is 0.673. The van der Waals surface area contributed by atoms with E-state index in [1.165, 1.54) is 21.2 Å². The van der Waals surface area contributed by atoms with Crippen LogP contribution in [-0.2, 0) is 0 Å². The number of rotatable bonds is 3. The molecule has 0 unspecified atom stereocenters. The molecule has 0 aliphatic carbocycles. The predicted octanol–water partition coefficient (Wildman–Crippen LogP) is 12.3. The zero-order valence-corrected chi connectivity index (χ0v) is 26.9. The molecule has 0 saturated carbocycles. The highest BCUT2D eigenvalue weighted by Crippen LogP contribution is 2.44. The van der Waals surface area contributed by atoms with Gasteiger partial charge in [-0.05, 0) is 40.8 Å². The largest absolute Gasteiger partial charge is 0.455 e. The number of fused-ring (bicyclic) bond motifs is 11. The van der Waals surface area contributed by atoms with E-state index in [1.807, 2.05) is 6.07 Å². The number of aromatic nitrogens is 3. The van der Waals surface area contributed by atoms with Crippen molar-refractivity contribution >= 4 is 86.2 Å². The van der Waals surface area contributed by atoms with Crippen molar-refractivity contribution in [1.82, 2.24) is 14.5 Å². The summed E-state index contributed by atoms with van der Waals surface area (Å²) in [5.41, 5.74) is 9.19. The van der Waals surface area contributed by atoms with E-state index in [0.29, 0.717) is 5.95 Å². The lowest BCUT2D eigenvalue weighted by Crippen LogP contribution is -2.02. The minimum atomic E-state index is 0.647. The van der Waals surface area contributed by atoms with Crippen LogP contribution in [0, 0.1) is 0 Å². The van der Waals surface area contributed by atoms with E-state index in [9.17, 15) is 0 Å². The third-order valence-corrected chi connectivity index (χ3v) is 11.0. The molecule has 4 aromatic heterocycles. The topological polar surface area (TPSA) is 43.9 Å². The smallest absolute Gasteiger partial charge is 0.235 e. The van der Waals surface area contributed by atoms with Crippen molar-refractivity contribution in [3.63, 3.8) is 0 Å². The number of nitrogens with zero attached hydrogens (tertiary/aromatic N) is 3. The first-order valence-corrected chi connectivity index (χ1v) is 17.2. The van der Waals surface area contributed by atoms with Gasteiger partial charge in [0.2, 0.25) is 5.95 Å². The molecule has 49 heavy (non-hydrogen) atoms. The predicted molar refractivity (Wildman–Crippen MR) is 205 cm³/mol. The molecule has 5 heteroatoms. The Bertz CT molecular complexity index is 3100. The normalized spacial score (nSPS) is 12.1. The van der Waals surface area contributed by atoms with Crippen molar-refractivity contribution < 1.29 is 4.42 Å². The summed E-state index contributed by atoms with van der Waals surface area (Å²) in [6.07, 6.45) is 0. The summed E-state index contributed by atoms with van der Waals surface area (Å²) >= 11 is 1.75. The number of para-hydroxylation sites is 1. The lowest BCUT2D eigenvalue weighted by Gasteiger charge is -2.10. The molecule has 7 aromatic carbocycles. The number of benzene rings is 7. The fourth-order valence-corrected chi connectivity index (χ4v) is 8.76. The molecule has 11 aromatic rings. The molecule has 228 valence electrons. The molecule has 4 nitrogen and oxygen atoms in total. The second-order valence-corrected chi connectivity index (χ2v) is 13.6. The van der Waals surface area contributed by atoms with Gasteiger partial charge < -0.3 is 4.42 Å².